The first kappa shape index (κ1) is 19.2. The topological polar surface area (TPSA) is 106 Å². The van der Waals surface area contributed by atoms with Gasteiger partial charge in [0, 0.05) is 16.8 Å². The van der Waals surface area contributed by atoms with Gasteiger partial charge in [-0.2, -0.15) is 23.4 Å². The Hall–Kier alpha value is -3.61. The minimum Gasteiger partial charge on any atom is -0.329 e. The first-order valence-electron chi connectivity index (χ1n) is 7.96. The third-order valence-corrected chi connectivity index (χ3v) is 3.77. The van der Waals surface area contributed by atoms with Crippen LogP contribution in [0.4, 0.5) is 13.2 Å². The van der Waals surface area contributed by atoms with Gasteiger partial charge in [0.15, 0.2) is 11.7 Å². The summed E-state index contributed by atoms with van der Waals surface area (Å²) in [5.74, 6) is -2.90. The SMILES string of the molecule is Cc1cc([C@@H](C#N)C(=O)c2ccc(-c3noc(C(F)(F)F)n3)cc2)nc(C)n1. The van der Waals surface area contributed by atoms with Gasteiger partial charge >= 0.3 is 12.1 Å². The van der Waals surface area contributed by atoms with E-state index in [1.807, 2.05) is 6.07 Å². The predicted octanol–water partition coefficient (Wildman–Crippen LogP) is 3.65. The van der Waals surface area contributed by atoms with Crippen LogP contribution in [0.3, 0.4) is 0 Å². The number of aryl methyl sites for hydroxylation is 2. The molecule has 0 bridgehead atoms. The molecular weight excluding hydrogens is 375 g/mol. The number of aromatic nitrogens is 4. The summed E-state index contributed by atoms with van der Waals surface area (Å²) in [4.78, 5) is 24.3. The van der Waals surface area contributed by atoms with Crippen LogP contribution in [0, 0.1) is 25.2 Å². The van der Waals surface area contributed by atoms with E-state index in [9.17, 15) is 23.2 Å². The number of nitrogens with zero attached hydrogens (tertiary/aromatic N) is 5. The number of hydrogen-bond acceptors (Lipinski definition) is 7. The Bertz CT molecular complexity index is 1050. The van der Waals surface area contributed by atoms with Crippen LogP contribution < -0.4 is 0 Å². The average molecular weight is 387 g/mol. The van der Waals surface area contributed by atoms with Crippen LogP contribution in [-0.4, -0.2) is 25.9 Å². The van der Waals surface area contributed by atoms with E-state index in [2.05, 4.69) is 24.6 Å². The summed E-state index contributed by atoms with van der Waals surface area (Å²) in [6.45, 7) is 3.39. The van der Waals surface area contributed by atoms with Gasteiger partial charge in [0.25, 0.3) is 0 Å². The van der Waals surface area contributed by atoms with Gasteiger partial charge in [-0.25, -0.2) is 9.97 Å². The number of alkyl halides is 3. The van der Waals surface area contributed by atoms with Crippen molar-refractivity contribution in [3.05, 3.63) is 59.0 Å². The lowest BCUT2D eigenvalue weighted by molar-refractivity contribution is -0.159. The molecule has 142 valence electrons. The van der Waals surface area contributed by atoms with Gasteiger partial charge in [-0.15, -0.1) is 0 Å². The predicted molar refractivity (Wildman–Crippen MR) is 88.9 cm³/mol. The van der Waals surface area contributed by atoms with Crippen molar-refractivity contribution in [3.63, 3.8) is 0 Å². The van der Waals surface area contributed by atoms with Crippen LogP contribution in [0.15, 0.2) is 34.9 Å². The molecule has 0 saturated heterocycles. The molecule has 0 fully saturated rings. The van der Waals surface area contributed by atoms with Crippen molar-refractivity contribution in [2.24, 2.45) is 0 Å². The van der Waals surface area contributed by atoms with Crippen LogP contribution in [-0.2, 0) is 6.18 Å². The Labute approximate surface area is 156 Å². The minimum atomic E-state index is -4.74. The number of carbonyl (C=O) groups is 1. The van der Waals surface area contributed by atoms with E-state index < -0.39 is 23.8 Å². The maximum Gasteiger partial charge on any atom is 0.471 e. The maximum absolute atomic E-state index is 12.7. The standard InChI is InChI=1S/C18H12F3N5O2/c1-9-7-14(24-10(2)23-9)13(8-22)15(27)11-3-5-12(6-4-11)16-25-17(28-26-16)18(19,20)21/h3-7,13H,1-2H3/t13-/m1/s1. The quantitative estimate of drug-likeness (QED) is 0.629. The van der Waals surface area contributed by atoms with Gasteiger partial charge < -0.3 is 4.52 Å². The number of halogens is 3. The number of ketones is 1. The Balaban J connectivity index is 1.87. The molecule has 2 aromatic heterocycles. The first-order chi connectivity index (χ1) is 13.2. The smallest absolute Gasteiger partial charge is 0.329 e. The number of Topliss-reactive ketones (excluding diaryl/α,β-unsaturated/α-hetero) is 1. The lowest BCUT2D eigenvalue weighted by Gasteiger charge is -2.09. The highest BCUT2D eigenvalue weighted by atomic mass is 19.4. The molecule has 3 rings (SSSR count). The van der Waals surface area contributed by atoms with Gasteiger partial charge in [-0.1, -0.05) is 29.4 Å². The minimum absolute atomic E-state index is 0.198. The molecule has 2 heterocycles. The summed E-state index contributed by atoms with van der Waals surface area (Å²) in [5, 5.41) is 12.7. The Kier molecular flexibility index (Phi) is 4.92. The highest BCUT2D eigenvalue weighted by Gasteiger charge is 2.38. The fraction of sp³-hybridized carbons (Fsp3) is 0.222. The molecule has 0 N–H and O–H groups in total. The molecule has 0 amide bonds. The largest absolute Gasteiger partial charge is 0.471 e. The van der Waals surface area contributed by atoms with Crippen molar-refractivity contribution < 1.29 is 22.5 Å². The average Bonchev–Trinajstić information content (AvgIpc) is 3.12. The van der Waals surface area contributed by atoms with Gasteiger partial charge in [-0.3, -0.25) is 4.79 Å². The van der Waals surface area contributed by atoms with Crippen molar-refractivity contribution in [1.82, 2.24) is 20.1 Å². The second-order valence-electron chi connectivity index (χ2n) is 5.91. The second-order valence-corrected chi connectivity index (χ2v) is 5.91. The Morgan fingerprint density at radius 1 is 1.14 bits per heavy atom. The van der Waals surface area contributed by atoms with Crippen LogP contribution in [0.2, 0.25) is 0 Å². The van der Waals surface area contributed by atoms with Crippen molar-refractivity contribution in [2.75, 3.05) is 0 Å². The highest BCUT2D eigenvalue weighted by Crippen LogP contribution is 2.29. The summed E-state index contributed by atoms with van der Waals surface area (Å²) < 4.78 is 41.8. The summed E-state index contributed by atoms with van der Waals surface area (Å²) in [6, 6.07) is 9.01. The van der Waals surface area contributed by atoms with Crippen molar-refractivity contribution in [3.8, 4) is 17.5 Å². The molecule has 0 saturated carbocycles. The number of carbonyl (C=O) groups excluding carboxylic acids is 1. The lowest BCUT2D eigenvalue weighted by atomic mass is 9.94. The fourth-order valence-electron chi connectivity index (χ4n) is 2.56. The molecule has 10 heteroatoms. The third-order valence-electron chi connectivity index (χ3n) is 3.77. The molecule has 28 heavy (non-hydrogen) atoms. The fourth-order valence-corrected chi connectivity index (χ4v) is 2.56. The first-order valence-corrected chi connectivity index (χ1v) is 7.96. The number of nitriles is 1. The van der Waals surface area contributed by atoms with E-state index in [0.29, 0.717) is 11.5 Å². The van der Waals surface area contributed by atoms with Crippen molar-refractivity contribution in [2.45, 2.75) is 25.9 Å². The van der Waals surface area contributed by atoms with E-state index in [1.54, 1.807) is 19.9 Å². The zero-order valence-corrected chi connectivity index (χ0v) is 14.7. The third kappa shape index (κ3) is 3.88. The zero-order chi connectivity index (χ0) is 20.5. The number of rotatable bonds is 4. The molecule has 1 atom stereocenters. The van der Waals surface area contributed by atoms with Gasteiger partial charge in [-0.05, 0) is 19.9 Å². The van der Waals surface area contributed by atoms with E-state index >= 15 is 0 Å². The summed E-state index contributed by atoms with van der Waals surface area (Å²) in [6.07, 6.45) is -4.74. The molecule has 3 aromatic rings. The van der Waals surface area contributed by atoms with E-state index in [0.717, 1.165) is 0 Å². The molecule has 7 nitrogen and oxygen atoms in total. The zero-order valence-electron chi connectivity index (χ0n) is 14.7. The summed E-state index contributed by atoms with van der Waals surface area (Å²) in [5.41, 5.74) is 1.35. The van der Waals surface area contributed by atoms with Crippen LogP contribution in [0.1, 0.15) is 39.4 Å². The molecule has 0 spiro atoms. The summed E-state index contributed by atoms with van der Waals surface area (Å²) in [7, 11) is 0. The molecule has 0 aliphatic rings. The molecular formula is C18H12F3N5O2. The Morgan fingerprint density at radius 2 is 1.82 bits per heavy atom. The van der Waals surface area contributed by atoms with Gasteiger partial charge in [0.1, 0.15) is 5.82 Å². The lowest BCUT2D eigenvalue weighted by Crippen LogP contribution is -2.14. The highest BCUT2D eigenvalue weighted by molar-refractivity contribution is 6.02. The van der Waals surface area contributed by atoms with Crippen LogP contribution in [0.25, 0.3) is 11.4 Å². The van der Waals surface area contributed by atoms with Gasteiger partial charge in [0.05, 0.1) is 11.8 Å². The molecule has 0 unspecified atom stereocenters. The normalized spacial score (nSPS) is 12.4. The molecule has 0 aliphatic heterocycles. The summed E-state index contributed by atoms with van der Waals surface area (Å²) >= 11 is 0. The van der Waals surface area contributed by atoms with E-state index in [-0.39, 0.29) is 22.6 Å². The van der Waals surface area contributed by atoms with Crippen LogP contribution in [0.5, 0.6) is 0 Å². The van der Waals surface area contributed by atoms with E-state index in [4.69, 9.17) is 0 Å². The maximum atomic E-state index is 12.7. The van der Waals surface area contributed by atoms with E-state index in [1.165, 1.54) is 24.3 Å². The molecule has 0 aliphatic carbocycles. The monoisotopic (exact) mass is 387 g/mol. The number of hydrogen-bond donors (Lipinski definition) is 0. The van der Waals surface area contributed by atoms with Crippen LogP contribution >= 0.6 is 0 Å². The molecule has 0 radical (unpaired) electrons. The number of benzene rings is 1. The second kappa shape index (κ2) is 7.19. The van der Waals surface area contributed by atoms with Crippen molar-refractivity contribution >= 4 is 5.78 Å². The molecule has 1 aromatic carbocycles. The Morgan fingerprint density at radius 3 is 2.36 bits per heavy atom. The van der Waals surface area contributed by atoms with Gasteiger partial charge in [0.2, 0.25) is 5.82 Å². The van der Waals surface area contributed by atoms with Crippen molar-refractivity contribution in [1.29, 1.82) is 5.26 Å².